The predicted molar refractivity (Wildman–Crippen MR) is 57.9 cm³/mol. The summed E-state index contributed by atoms with van der Waals surface area (Å²) in [5.41, 5.74) is 2.83. The van der Waals surface area contributed by atoms with E-state index in [1.165, 1.54) is 6.92 Å². The van der Waals surface area contributed by atoms with Gasteiger partial charge in [0.15, 0.2) is 0 Å². The normalized spacial score (nSPS) is 13.5. The second kappa shape index (κ2) is 3.73. The zero-order chi connectivity index (χ0) is 10.8. The van der Waals surface area contributed by atoms with Crippen molar-refractivity contribution in [3.63, 3.8) is 0 Å². The first-order chi connectivity index (χ1) is 7.20. The number of fused-ring (bicyclic) bond motifs is 1. The molecule has 0 aromatic heterocycles. The van der Waals surface area contributed by atoms with E-state index in [4.69, 9.17) is 0 Å². The van der Waals surface area contributed by atoms with Crippen LogP contribution in [0.15, 0.2) is 18.2 Å². The molecule has 2 rings (SSSR count). The third kappa shape index (κ3) is 1.83. The molecular weight excluding hydrogens is 192 g/mol. The SMILES string of the molecule is CC(=O)Nc1ccc2c(c1)CCN2C=O. The molecule has 78 valence electrons. The molecule has 4 nitrogen and oxygen atoms in total. The van der Waals surface area contributed by atoms with Crippen LogP contribution in [0.3, 0.4) is 0 Å². The molecule has 0 spiro atoms. The van der Waals surface area contributed by atoms with Crippen LogP contribution in [0.2, 0.25) is 0 Å². The van der Waals surface area contributed by atoms with E-state index >= 15 is 0 Å². The van der Waals surface area contributed by atoms with Crippen molar-refractivity contribution in [1.29, 1.82) is 0 Å². The zero-order valence-corrected chi connectivity index (χ0v) is 8.49. The lowest BCUT2D eigenvalue weighted by atomic mass is 10.1. The molecule has 1 N–H and O–H groups in total. The topological polar surface area (TPSA) is 49.4 Å². The summed E-state index contributed by atoms with van der Waals surface area (Å²) in [5, 5.41) is 2.72. The molecule has 0 atom stereocenters. The molecule has 1 aromatic carbocycles. The van der Waals surface area contributed by atoms with Gasteiger partial charge in [0.05, 0.1) is 0 Å². The number of rotatable bonds is 2. The van der Waals surface area contributed by atoms with Gasteiger partial charge in [0.1, 0.15) is 0 Å². The van der Waals surface area contributed by atoms with Crippen LogP contribution < -0.4 is 10.2 Å². The van der Waals surface area contributed by atoms with Crippen molar-refractivity contribution in [3.8, 4) is 0 Å². The minimum Gasteiger partial charge on any atom is -0.326 e. The molecule has 0 fully saturated rings. The van der Waals surface area contributed by atoms with E-state index in [2.05, 4.69) is 5.32 Å². The fraction of sp³-hybridized carbons (Fsp3) is 0.273. The Morgan fingerprint density at radius 2 is 2.33 bits per heavy atom. The Labute approximate surface area is 87.9 Å². The van der Waals surface area contributed by atoms with Crippen LogP contribution >= 0.6 is 0 Å². The van der Waals surface area contributed by atoms with E-state index in [1.807, 2.05) is 18.2 Å². The van der Waals surface area contributed by atoms with Crippen molar-refractivity contribution in [1.82, 2.24) is 0 Å². The predicted octanol–water partition coefficient (Wildman–Crippen LogP) is 1.16. The van der Waals surface area contributed by atoms with Gasteiger partial charge in [-0.1, -0.05) is 0 Å². The average molecular weight is 204 g/mol. The summed E-state index contributed by atoms with van der Waals surface area (Å²) < 4.78 is 0. The van der Waals surface area contributed by atoms with Crippen molar-refractivity contribution >= 4 is 23.7 Å². The number of nitrogens with one attached hydrogen (secondary N) is 1. The van der Waals surface area contributed by atoms with Crippen LogP contribution in [-0.2, 0) is 16.0 Å². The molecule has 0 radical (unpaired) electrons. The van der Waals surface area contributed by atoms with Crippen LogP contribution in [-0.4, -0.2) is 18.9 Å². The third-order valence-electron chi connectivity index (χ3n) is 2.46. The van der Waals surface area contributed by atoms with E-state index in [0.29, 0.717) is 0 Å². The number of nitrogens with zero attached hydrogens (tertiary/aromatic N) is 1. The van der Waals surface area contributed by atoms with Gasteiger partial charge in [-0.05, 0) is 30.2 Å². The van der Waals surface area contributed by atoms with Crippen LogP contribution in [0.5, 0.6) is 0 Å². The van der Waals surface area contributed by atoms with Gasteiger partial charge in [0, 0.05) is 24.8 Å². The molecule has 15 heavy (non-hydrogen) atoms. The van der Waals surface area contributed by atoms with E-state index in [1.54, 1.807) is 4.90 Å². The maximum atomic E-state index is 10.9. The van der Waals surface area contributed by atoms with Crippen molar-refractivity contribution in [3.05, 3.63) is 23.8 Å². The Morgan fingerprint density at radius 1 is 1.53 bits per heavy atom. The fourth-order valence-corrected chi connectivity index (χ4v) is 1.82. The van der Waals surface area contributed by atoms with Gasteiger partial charge in [-0.15, -0.1) is 0 Å². The standard InChI is InChI=1S/C11H12N2O2/c1-8(15)12-10-2-3-11-9(6-10)4-5-13(11)7-14/h2-3,6-7H,4-5H2,1H3,(H,12,15). The Balaban J connectivity index is 2.28. The molecule has 1 aliphatic heterocycles. The summed E-state index contributed by atoms with van der Waals surface area (Å²) >= 11 is 0. The minimum atomic E-state index is -0.0832. The summed E-state index contributed by atoms with van der Waals surface area (Å²) in [6.45, 7) is 2.20. The maximum absolute atomic E-state index is 10.9. The van der Waals surface area contributed by atoms with Gasteiger partial charge in [-0.25, -0.2) is 0 Å². The molecule has 1 aromatic rings. The molecule has 0 saturated heterocycles. The Morgan fingerprint density at radius 3 is 3.00 bits per heavy atom. The Hall–Kier alpha value is -1.84. The minimum absolute atomic E-state index is 0.0832. The summed E-state index contributed by atoms with van der Waals surface area (Å²) in [5.74, 6) is -0.0832. The van der Waals surface area contributed by atoms with Crippen LogP contribution in [0, 0.1) is 0 Å². The van der Waals surface area contributed by atoms with E-state index in [-0.39, 0.29) is 5.91 Å². The highest BCUT2D eigenvalue weighted by atomic mass is 16.1. The number of carbonyl (C=O) groups excluding carboxylic acids is 2. The van der Waals surface area contributed by atoms with E-state index in [0.717, 1.165) is 36.3 Å². The summed E-state index contributed by atoms with van der Waals surface area (Å²) in [6.07, 6.45) is 1.69. The van der Waals surface area contributed by atoms with Crippen LogP contribution in [0.25, 0.3) is 0 Å². The molecular formula is C11H12N2O2. The van der Waals surface area contributed by atoms with E-state index < -0.39 is 0 Å². The second-order valence-corrected chi connectivity index (χ2v) is 3.57. The Kier molecular flexibility index (Phi) is 2.41. The number of hydrogen-bond acceptors (Lipinski definition) is 2. The first-order valence-electron chi connectivity index (χ1n) is 4.83. The van der Waals surface area contributed by atoms with Gasteiger partial charge in [0.2, 0.25) is 12.3 Å². The van der Waals surface area contributed by atoms with Gasteiger partial charge in [-0.2, -0.15) is 0 Å². The number of amides is 2. The number of carbonyl (C=O) groups is 2. The van der Waals surface area contributed by atoms with Crippen LogP contribution in [0.1, 0.15) is 12.5 Å². The molecule has 0 aliphatic carbocycles. The van der Waals surface area contributed by atoms with Gasteiger partial charge in [0.25, 0.3) is 0 Å². The Bertz CT molecular complexity index is 415. The number of benzene rings is 1. The van der Waals surface area contributed by atoms with Crippen molar-refractivity contribution in [2.75, 3.05) is 16.8 Å². The molecule has 0 saturated carbocycles. The molecule has 0 bridgehead atoms. The largest absolute Gasteiger partial charge is 0.326 e. The summed E-state index contributed by atoms with van der Waals surface area (Å²) in [6, 6.07) is 5.59. The third-order valence-corrected chi connectivity index (χ3v) is 2.46. The molecule has 1 heterocycles. The van der Waals surface area contributed by atoms with Crippen LogP contribution in [0.4, 0.5) is 11.4 Å². The first-order valence-corrected chi connectivity index (χ1v) is 4.83. The molecule has 4 heteroatoms. The summed E-state index contributed by atoms with van der Waals surface area (Å²) in [7, 11) is 0. The lowest BCUT2D eigenvalue weighted by Gasteiger charge is -2.10. The van der Waals surface area contributed by atoms with Crippen molar-refractivity contribution in [2.45, 2.75) is 13.3 Å². The highest BCUT2D eigenvalue weighted by Crippen LogP contribution is 2.29. The highest BCUT2D eigenvalue weighted by Gasteiger charge is 2.18. The highest BCUT2D eigenvalue weighted by molar-refractivity contribution is 5.90. The molecule has 2 amide bonds. The van der Waals surface area contributed by atoms with E-state index in [9.17, 15) is 9.59 Å². The molecule has 1 aliphatic rings. The monoisotopic (exact) mass is 204 g/mol. The van der Waals surface area contributed by atoms with Gasteiger partial charge in [-0.3, -0.25) is 9.59 Å². The van der Waals surface area contributed by atoms with Crippen molar-refractivity contribution in [2.24, 2.45) is 0 Å². The number of hydrogen-bond donors (Lipinski definition) is 1. The molecule has 0 unspecified atom stereocenters. The quantitative estimate of drug-likeness (QED) is 0.735. The smallest absolute Gasteiger partial charge is 0.221 e. The zero-order valence-electron chi connectivity index (χ0n) is 8.49. The van der Waals surface area contributed by atoms with Crippen molar-refractivity contribution < 1.29 is 9.59 Å². The van der Waals surface area contributed by atoms with Gasteiger partial charge < -0.3 is 10.2 Å². The fourth-order valence-electron chi connectivity index (χ4n) is 1.82. The lowest BCUT2D eigenvalue weighted by Crippen LogP contribution is -2.17. The first kappa shape index (κ1) is 9.71. The number of anilines is 2. The lowest BCUT2D eigenvalue weighted by molar-refractivity contribution is -0.114. The maximum Gasteiger partial charge on any atom is 0.221 e. The second-order valence-electron chi connectivity index (χ2n) is 3.57. The summed E-state index contributed by atoms with van der Waals surface area (Å²) in [4.78, 5) is 23.2. The van der Waals surface area contributed by atoms with Gasteiger partial charge >= 0.3 is 0 Å². The average Bonchev–Trinajstić information content (AvgIpc) is 2.58.